The predicted molar refractivity (Wildman–Crippen MR) is 92.3 cm³/mol. The number of hydrogen-bond acceptors (Lipinski definition) is 3. The van der Waals surface area contributed by atoms with E-state index in [-0.39, 0.29) is 17.4 Å². The number of allylic oxidation sites excluding steroid dienone is 1. The highest BCUT2D eigenvalue weighted by atomic mass is 16.2. The molecular formula is C21H30O3. The van der Waals surface area contributed by atoms with Crippen molar-refractivity contribution < 1.29 is 14.7 Å². The number of hydrogen-bond donors (Lipinski definition) is 1. The number of Topliss-reactive ketones (excluding diaryl/α,β-unsaturated/α-hetero) is 2. The Morgan fingerprint density at radius 1 is 1.08 bits per heavy atom. The van der Waals surface area contributed by atoms with Crippen molar-refractivity contribution in [2.45, 2.75) is 65.2 Å². The van der Waals surface area contributed by atoms with E-state index in [0.29, 0.717) is 48.1 Å². The first kappa shape index (κ1) is 16.5. The highest BCUT2D eigenvalue weighted by Gasteiger charge is 2.61. The highest BCUT2D eigenvalue weighted by Crippen LogP contribution is 2.66. The SMILES string of the molecule is C[C@]12CCC(=O)CC1/C(=C\CO)C[C@@H]1[C@H]2CC[C@]2(C)C(=O)CC[C@@H]12. The molecule has 0 spiro atoms. The summed E-state index contributed by atoms with van der Waals surface area (Å²) < 4.78 is 0. The lowest BCUT2D eigenvalue weighted by molar-refractivity contribution is -0.138. The average molecular weight is 330 g/mol. The Bertz CT molecular complexity index is 606. The topological polar surface area (TPSA) is 54.4 Å². The van der Waals surface area contributed by atoms with Gasteiger partial charge in [-0.2, -0.15) is 0 Å². The van der Waals surface area contributed by atoms with Gasteiger partial charge in [-0.1, -0.05) is 25.5 Å². The molecule has 6 atom stereocenters. The number of rotatable bonds is 1. The molecule has 1 unspecified atom stereocenters. The minimum Gasteiger partial charge on any atom is -0.392 e. The number of aliphatic hydroxyl groups excluding tert-OH is 1. The minimum absolute atomic E-state index is 0.0638. The van der Waals surface area contributed by atoms with Gasteiger partial charge in [-0.25, -0.2) is 0 Å². The second kappa shape index (κ2) is 5.52. The summed E-state index contributed by atoms with van der Waals surface area (Å²) in [5.41, 5.74) is 1.36. The van der Waals surface area contributed by atoms with Gasteiger partial charge in [0.25, 0.3) is 0 Å². The Morgan fingerprint density at radius 2 is 1.88 bits per heavy atom. The van der Waals surface area contributed by atoms with Crippen molar-refractivity contribution in [2.24, 2.45) is 34.5 Å². The van der Waals surface area contributed by atoms with E-state index in [4.69, 9.17) is 0 Å². The molecule has 4 aliphatic rings. The van der Waals surface area contributed by atoms with Crippen molar-refractivity contribution in [1.82, 2.24) is 0 Å². The van der Waals surface area contributed by atoms with Crippen LogP contribution in [-0.2, 0) is 9.59 Å². The van der Waals surface area contributed by atoms with Crippen LogP contribution in [0.3, 0.4) is 0 Å². The second-order valence-electron chi connectivity index (χ2n) is 9.26. The van der Waals surface area contributed by atoms with Gasteiger partial charge in [0.05, 0.1) is 6.61 Å². The van der Waals surface area contributed by atoms with Crippen LogP contribution in [-0.4, -0.2) is 23.3 Å². The van der Waals surface area contributed by atoms with Crippen LogP contribution < -0.4 is 0 Å². The van der Waals surface area contributed by atoms with Crippen molar-refractivity contribution in [3.8, 4) is 0 Å². The number of aliphatic hydroxyl groups is 1. The van der Waals surface area contributed by atoms with E-state index in [1.165, 1.54) is 5.57 Å². The molecule has 0 bridgehead atoms. The molecule has 132 valence electrons. The molecule has 3 heteroatoms. The lowest BCUT2D eigenvalue weighted by atomic mass is 9.44. The first-order chi connectivity index (χ1) is 11.4. The van der Waals surface area contributed by atoms with Crippen LogP contribution in [0, 0.1) is 34.5 Å². The van der Waals surface area contributed by atoms with Crippen LogP contribution >= 0.6 is 0 Å². The molecule has 4 fully saturated rings. The van der Waals surface area contributed by atoms with Gasteiger partial charge in [0.15, 0.2) is 0 Å². The van der Waals surface area contributed by atoms with Crippen LogP contribution in [0.25, 0.3) is 0 Å². The molecule has 0 aromatic carbocycles. The van der Waals surface area contributed by atoms with E-state index in [1.54, 1.807) is 0 Å². The van der Waals surface area contributed by atoms with Crippen molar-refractivity contribution in [1.29, 1.82) is 0 Å². The Labute approximate surface area is 144 Å². The van der Waals surface area contributed by atoms with Crippen molar-refractivity contribution in [3.63, 3.8) is 0 Å². The molecule has 0 aliphatic heterocycles. The van der Waals surface area contributed by atoms with Gasteiger partial charge in [0.1, 0.15) is 11.6 Å². The lowest BCUT2D eigenvalue weighted by Gasteiger charge is -2.60. The summed E-state index contributed by atoms with van der Waals surface area (Å²) in [6, 6.07) is 0. The normalized spacial score (nSPS) is 49.7. The molecule has 4 aliphatic carbocycles. The fourth-order valence-electron chi connectivity index (χ4n) is 7.06. The Hall–Kier alpha value is -0.960. The summed E-state index contributed by atoms with van der Waals surface area (Å²) in [6.45, 7) is 4.66. The first-order valence-corrected chi connectivity index (χ1v) is 9.75. The summed E-state index contributed by atoms with van der Waals surface area (Å²) in [4.78, 5) is 24.6. The van der Waals surface area contributed by atoms with Crippen LogP contribution in [0.1, 0.15) is 65.2 Å². The van der Waals surface area contributed by atoms with Gasteiger partial charge in [0.2, 0.25) is 0 Å². The fraction of sp³-hybridized carbons (Fsp3) is 0.810. The monoisotopic (exact) mass is 330 g/mol. The van der Waals surface area contributed by atoms with Gasteiger partial charge in [-0.15, -0.1) is 0 Å². The summed E-state index contributed by atoms with van der Waals surface area (Å²) >= 11 is 0. The Morgan fingerprint density at radius 3 is 2.62 bits per heavy atom. The zero-order chi connectivity index (χ0) is 17.1. The van der Waals surface area contributed by atoms with E-state index >= 15 is 0 Å². The number of ketones is 2. The van der Waals surface area contributed by atoms with Gasteiger partial charge in [-0.3, -0.25) is 9.59 Å². The van der Waals surface area contributed by atoms with Crippen LogP contribution in [0.2, 0.25) is 0 Å². The average Bonchev–Trinajstić information content (AvgIpc) is 2.85. The van der Waals surface area contributed by atoms with E-state index in [0.717, 1.165) is 38.5 Å². The van der Waals surface area contributed by atoms with Crippen molar-refractivity contribution in [3.05, 3.63) is 11.6 Å². The zero-order valence-electron chi connectivity index (χ0n) is 15.0. The summed E-state index contributed by atoms with van der Waals surface area (Å²) in [5, 5.41) is 9.52. The van der Waals surface area contributed by atoms with E-state index in [1.807, 2.05) is 6.08 Å². The maximum Gasteiger partial charge on any atom is 0.139 e. The molecule has 1 N–H and O–H groups in total. The van der Waals surface area contributed by atoms with Crippen molar-refractivity contribution >= 4 is 11.6 Å². The number of carbonyl (C=O) groups is 2. The Kier molecular flexibility index (Phi) is 3.80. The molecule has 4 saturated carbocycles. The lowest BCUT2D eigenvalue weighted by Crippen LogP contribution is -2.54. The third kappa shape index (κ3) is 2.13. The maximum absolute atomic E-state index is 12.5. The molecule has 3 nitrogen and oxygen atoms in total. The zero-order valence-corrected chi connectivity index (χ0v) is 15.0. The second-order valence-corrected chi connectivity index (χ2v) is 9.26. The third-order valence-electron chi connectivity index (χ3n) is 8.44. The number of carbonyl (C=O) groups excluding carboxylic acids is 2. The summed E-state index contributed by atoms with van der Waals surface area (Å²) in [5.74, 6) is 2.87. The van der Waals surface area contributed by atoms with Gasteiger partial charge >= 0.3 is 0 Å². The van der Waals surface area contributed by atoms with Crippen LogP contribution in [0.4, 0.5) is 0 Å². The maximum atomic E-state index is 12.5. The molecule has 0 aromatic heterocycles. The standard InChI is InChI=1S/C21H30O3/c1-20-8-5-14(23)12-18(20)13(7-10-22)11-15-16-3-4-19(24)21(16,2)9-6-17(15)20/h7,15-18,22H,3-6,8-12H2,1-2H3/b13-7-/t15-,16-,17+,18?,20+,21-/m0/s1. The van der Waals surface area contributed by atoms with Crippen LogP contribution in [0.5, 0.6) is 0 Å². The van der Waals surface area contributed by atoms with Crippen LogP contribution in [0.15, 0.2) is 11.6 Å². The quantitative estimate of drug-likeness (QED) is 0.746. The summed E-state index contributed by atoms with van der Waals surface area (Å²) in [6.07, 6.45) is 9.29. The number of fused-ring (bicyclic) bond motifs is 5. The molecule has 4 rings (SSSR count). The smallest absolute Gasteiger partial charge is 0.139 e. The minimum atomic E-state index is -0.112. The predicted octanol–water partition coefficient (Wildman–Crippen LogP) is 3.70. The molecule has 0 radical (unpaired) electrons. The Balaban J connectivity index is 1.74. The highest BCUT2D eigenvalue weighted by molar-refractivity contribution is 5.87. The first-order valence-electron chi connectivity index (χ1n) is 9.75. The van der Waals surface area contributed by atoms with Crippen molar-refractivity contribution in [2.75, 3.05) is 6.61 Å². The van der Waals surface area contributed by atoms with Gasteiger partial charge < -0.3 is 5.11 Å². The molecule has 0 aromatic rings. The van der Waals surface area contributed by atoms with E-state index in [2.05, 4.69) is 13.8 Å². The third-order valence-corrected chi connectivity index (χ3v) is 8.44. The molecule has 0 heterocycles. The van der Waals surface area contributed by atoms with E-state index in [9.17, 15) is 14.7 Å². The van der Waals surface area contributed by atoms with E-state index < -0.39 is 0 Å². The molecule has 24 heavy (non-hydrogen) atoms. The largest absolute Gasteiger partial charge is 0.392 e. The molecular weight excluding hydrogens is 300 g/mol. The van der Waals surface area contributed by atoms with Gasteiger partial charge in [-0.05, 0) is 61.2 Å². The molecule has 0 amide bonds. The fourth-order valence-corrected chi connectivity index (χ4v) is 7.06. The molecule has 0 saturated heterocycles. The summed E-state index contributed by atoms with van der Waals surface area (Å²) in [7, 11) is 0. The van der Waals surface area contributed by atoms with Gasteiger partial charge in [0, 0.05) is 24.7 Å².